The van der Waals surface area contributed by atoms with Crippen LogP contribution in [0.5, 0.6) is 0 Å². The Morgan fingerprint density at radius 3 is 2.18 bits per heavy atom. The minimum atomic E-state index is -0.518. The highest BCUT2D eigenvalue weighted by molar-refractivity contribution is 6.05. The van der Waals surface area contributed by atoms with Crippen LogP contribution in [0.2, 0.25) is 0 Å². The van der Waals surface area contributed by atoms with E-state index in [2.05, 4.69) is 0 Å². The van der Waals surface area contributed by atoms with Crippen LogP contribution in [-0.2, 0) is 9.59 Å². The van der Waals surface area contributed by atoms with Gasteiger partial charge in [-0.2, -0.15) is 0 Å². The van der Waals surface area contributed by atoms with Gasteiger partial charge in [0.1, 0.15) is 0 Å². The van der Waals surface area contributed by atoms with Gasteiger partial charge in [-0.25, -0.2) is 0 Å². The van der Waals surface area contributed by atoms with Crippen molar-refractivity contribution in [2.45, 2.75) is 31.8 Å². The first-order valence-corrected chi connectivity index (χ1v) is 6.36. The fraction of sp³-hybridized carbons (Fsp3) is 0.692. The SMILES string of the molecule is O=C1[C@H]2CC=CC[C@H]2C(=O)N1CC(O)C1CC1. The Morgan fingerprint density at radius 1 is 1.18 bits per heavy atom. The zero-order valence-corrected chi connectivity index (χ0v) is 9.71. The highest BCUT2D eigenvalue weighted by Gasteiger charge is 2.48. The van der Waals surface area contributed by atoms with Gasteiger partial charge in [0.05, 0.1) is 24.5 Å². The van der Waals surface area contributed by atoms with Crippen molar-refractivity contribution < 1.29 is 14.7 Å². The van der Waals surface area contributed by atoms with Crippen molar-refractivity contribution >= 4 is 11.8 Å². The van der Waals surface area contributed by atoms with Crippen molar-refractivity contribution in [2.24, 2.45) is 17.8 Å². The van der Waals surface area contributed by atoms with Crippen LogP contribution in [0.3, 0.4) is 0 Å². The number of hydrogen-bond donors (Lipinski definition) is 1. The zero-order valence-electron chi connectivity index (χ0n) is 9.71. The van der Waals surface area contributed by atoms with Crippen molar-refractivity contribution in [3.63, 3.8) is 0 Å². The molecule has 1 heterocycles. The minimum Gasteiger partial charge on any atom is -0.391 e. The maximum absolute atomic E-state index is 12.1. The van der Waals surface area contributed by atoms with Gasteiger partial charge in [-0.05, 0) is 31.6 Å². The van der Waals surface area contributed by atoms with Crippen LogP contribution in [0, 0.1) is 17.8 Å². The number of fused-ring (bicyclic) bond motifs is 1. The number of imide groups is 1. The molecule has 0 radical (unpaired) electrons. The van der Waals surface area contributed by atoms with Crippen LogP contribution < -0.4 is 0 Å². The average molecular weight is 235 g/mol. The number of likely N-dealkylation sites (tertiary alicyclic amines) is 1. The van der Waals surface area contributed by atoms with Crippen molar-refractivity contribution in [1.82, 2.24) is 4.90 Å². The number of β-amino-alcohol motifs (C(OH)–C–C–N with tert-alkyl or cyclic N) is 1. The number of hydrogen-bond acceptors (Lipinski definition) is 3. The summed E-state index contributed by atoms with van der Waals surface area (Å²) in [5, 5.41) is 9.86. The Morgan fingerprint density at radius 2 is 1.71 bits per heavy atom. The van der Waals surface area contributed by atoms with Crippen molar-refractivity contribution in [2.75, 3.05) is 6.54 Å². The fourth-order valence-corrected chi connectivity index (χ4v) is 2.87. The predicted molar refractivity (Wildman–Crippen MR) is 60.8 cm³/mol. The third kappa shape index (κ3) is 1.80. The van der Waals surface area contributed by atoms with Crippen LogP contribution in [0.4, 0.5) is 0 Å². The number of allylic oxidation sites excluding steroid dienone is 2. The largest absolute Gasteiger partial charge is 0.391 e. The van der Waals surface area contributed by atoms with Gasteiger partial charge in [-0.15, -0.1) is 0 Å². The van der Waals surface area contributed by atoms with E-state index in [1.165, 1.54) is 4.90 Å². The number of nitrogens with zero attached hydrogens (tertiary/aromatic N) is 1. The Hall–Kier alpha value is -1.16. The molecular weight excluding hydrogens is 218 g/mol. The summed E-state index contributed by atoms with van der Waals surface area (Å²) in [5.74, 6) is -0.192. The molecule has 0 bridgehead atoms. The first-order valence-electron chi connectivity index (χ1n) is 6.36. The summed E-state index contributed by atoms with van der Waals surface area (Å²) >= 11 is 0. The molecule has 4 heteroatoms. The van der Waals surface area contributed by atoms with Gasteiger partial charge >= 0.3 is 0 Å². The first-order chi connectivity index (χ1) is 8.18. The number of rotatable bonds is 3. The first kappa shape index (κ1) is 11.0. The van der Waals surface area contributed by atoms with Crippen LogP contribution in [-0.4, -0.2) is 34.5 Å². The second-order valence-corrected chi connectivity index (χ2v) is 5.35. The summed E-state index contributed by atoms with van der Waals surface area (Å²) in [6, 6.07) is 0. The summed E-state index contributed by atoms with van der Waals surface area (Å²) in [5.41, 5.74) is 0. The number of amides is 2. The molecule has 3 rings (SSSR count). The normalized spacial score (nSPS) is 34.1. The lowest BCUT2D eigenvalue weighted by Crippen LogP contribution is -2.38. The van der Waals surface area contributed by atoms with Gasteiger partial charge in [-0.3, -0.25) is 14.5 Å². The third-order valence-corrected chi connectivity index (χ3v) is 4.13. The molecule has 1 N–H and O–H groups in total. The van der Waals surface area contributed by atoms with E-state index in [9.17, 15) is 14.7 Å². The predicted octanol–water partition coefficient (Wildman–Crippen LogP) is 0.708. The monoisotopic (exact) mass is 235 g/mol. The lowest BCUT2D eigenvalue weighted by atomic mass is 9.85. The lowest BCUT2D eigenvalue weighted by Gasteiger charge is -2.18. The third-order valence-electron chi connectivity index (χ3n) is 4.13. The Kier molecular flexibility index (Phi) is 2.54. The number of carbonyl (C=O) groups excluding carboxylic acids is 2. The molecule has 0 aromatic heterocycles. The molecule has 2 fully saturated rings. The molecule has 0 aromatic carbocycles. The minimum absolute atomic E-state index is 0.0796. The summed E-state index contributed by atoms with van der Waals surface area (Å²) < 4.78 is 0. The number of aliphatic hydroxyl groups excluding tert-OH is 1. The van der Waals surface area contributed by atoms with E-state index in [1.807, 2.05) is 12.2 Å². The maximum atomic E-state index is 12.1. The van der Waals surface area contributed by atoms with Crippen LogP contribution in [0.25, 0.3) is 0 Å². The molecule has 17 heavy (non-hydrogen) atoms. The summed E-state index contributed by atoms with van der Waals surface area (Å²) in [6.07, 6.45) is 6.82. The highest BCUT2D eigenvalue weighted by Crippen LogP contribution is 2.37. The zero-order chi connectivity index (χ0) is 12.0. The summed E-state index contributed by atoms with van der Waals surface area (Å²) in [6.45, 7) is 0.204. The molecule has 4 nitrogen and oxygen atoms in total. The van der Waals surface area contributed by atoms with Crippen LogP contribution in [0.1, 0.15) is 25.7 Å². The lowest BCUT2D eigenvalue weighted by molar-refractivity contribution is -0.141. The molecule has 1 aliphatic heterocycles. The molecule has 3 aliphatic rings. The molecular formula is C13H17NO3. The van der Waals surface area contributed by atoms with Crippen molar-refractivity contribution in [3.05, 3.63) is 12.2 Å². The summed E-state index contributed by atoms with van der Waals surface area (Å²) in [4.78, 5) is 25.5. The molecule has 1 unspecified atom stereocenters. The molecule has 1 saturated carbocycles. The Labute approximate surface area is 100 Å². The Balaban J connectivity index is 1.72. The van der Waals surface area contributed by atoms with Crippen LogP contribution in [0.15, 0.2) is 12.2 Å². The molecule has 2 aliphatic carbocycles. The fourth-order valence-electron chi connectivity index (χ4n) is 2.87. The van der Waals surface area contributed by atoms with Gasteiger partial charge in [0.2, 0.25) is 11.8 Å². The molecule has 1 saturated heterocycles. The van der Waals surface area contributed by atoms with E-state index in [4.69, 9.17) is 0 Å². The van der Waals surface area contributed by atoms with E-state index in [0.717, 1.165) is 12.8 Å². The van der Waals surface area contributed by atoms with Gasteiger partial charge in [0, 0.05) is 0 Å². The molecule has 0 spiro atoms. The summed E-state index contributed by atoms with van der Waals surface area (Å²) in [7, 11) is 0. The molecule has 92 valence electrons. The van der Waals surface area contributed by atoms with E-state index in [1.54, 1.807) is 0 Å². The topological polar surface area (TPSA) is 57.6 Å². The standard InChI is InChI=1S/C13H17NO3/c15-11(8-5-6-8)7-14-12(16)9-3-1-2-4-10(9)13(14)17/h1-2,8-11,15H,3-7H2/t9-,10+,11?. The number of carbonyl (C=O) groups is 2. The quantitative estimate of drug-likeness (QED) is 0.579. The van der Waals surface area contributed by atoms with E-state index in [0.29, 0.717) is 18.8 Å². The van der Waals surface area contributed by atoms with Gasteiger partial charge in [0.25, 0.3) is 0 Å². The maximum Gasteiger partial charge on any atom is 0.233 e. The smallest absolute Gasteiger partial charge is 0.233 e. The van der Waals surface area contributed by atoms with E-state index in [-0.39, 0.29) is 30.2 Å². The second kappa shape index (κ2) is 3.95. The van der Waals surface area contributed by atoms with Gasteiger partial charge in [0.15, 0.2) is 0 Å². The second-order valence-electron chi connectivity index (χ2n) is 5.35. The van der Waals surface area contributed by atoms with Crippen LogP contribution >= 0.6 is 0 Å². The van der Waals surface area contributed by atoms with E-state index >= 15 is 0 Å². The average Bonchev–Trinajstić information content (AvgIpc) is 3.15. The van der Waals surface area contributed by atoms with Crippen molar-refractivity contribution in [3.8, 4) is 0 Å². The molecule has 2 amide bonds. The van der Waals surface area contributed by atoms with E-state index < -0.39 is 6.10 Å². The number of aliphatic hydroxyl groups is 1. The molecule has 0 aromatic rings. The highest BCUT2D eigenvalue weighted by atomic mass is 16.3. The molecule has 3 atom stereocenters. The van der Waals surface area contributed by atoms with Gasteiger partial charge < -0.3 is 5.11 Å². The Bertz CT molecular complexity index is 360. The van der Waals surface area contributed by atoms with Gasteiger partial charge in [-0.1, -0.05) is 12.2 Å². The van der Waals surface area contributed by atoms with Crippen molar-refractivity contribution in [1.29, 1.82) is 0 Å².